The molecule has 0 aliphatic carbocycles. The normalized spacial score (nSPS) is 17.4. The number of halogens is 1. The summed E-state index contributed by atoms with van der Waals surface area (Å²) in [7, 11) is 0. The van der Waals surface area contributed by atoms with Crippen LogP contribution in [-0.4, -0.2) is 51.3 Å². The minimum atomic E-state index is -0.203. The van der Waals surface area contributed by atoms with Crippen molar-refractivity contribution >= 4 is 62.4 Å². The van der Waals surface area contributed by atoms with Crippen molar-refractivity contribution in [3.8, 4) is 0 Å². The smallest absolute Gasteiger partial charge is 0.263 e. The fourth-order valence-electron chi connectivity index (χ4n) is 4.63. The van der Waals surface area contributed by atoms with Crippen LogP contribution >= 0.6 is 34.7 Å². The summed E-state index contributed by atoms with van der Waals surface area (Å²) >= 11 is 8.78. The first kappa shape index (κ1) is 25.3. The zero-order valence-corrected chi connectivity index (χ0v) is 22.5. The second kappa shape index (κ2) is 10.5. The fourth-order valence-corrected chi connectivity index (χ4v) is 6.89. The van der Waals surface area contributed by atoms with Gasteiger partial charge in [0.05, 0.1) is 30.3 Å². The van der Waals surface area contributed by atoms with E-state index in [0.29, 0.717) is 58.7 Å². The first-order chi connectivity index (χ1) is 17.3. The van der Waals surface area contributed by atoms with Gasteiger partial charge in [0, 0.05) is 35.7 Å². The number of benzene rings is 1. The van der Waals surface area contributed by atoms with Crippen LogP contribution in [0.4, 0.5) is 5.69 Å². The Balaban J connectivity index is 1.45. The molecule has 0 radical (unpaired) electrons. The Labute approximate surface area is 222 Å². The number of thiophene rings is 1. The molecule has 0 spiro atoms. The van der Waals surface area contributed by atoms with E-state index in [2.05, 4.69) is 5.32 Å². The number of nitrogens with zero attached hydrogens (tertiary/aromatic N) is 3. The molecule has 5 rings (SSSR count). The van der Waals surface area contributed by atoms with Gasteiger partial charge in [-0.05, 0) is 49.4 Å². The van der Waals surface area contributed by atoms with Crippen LogP contribution in [0.25, 0.3) is 10.2 Å². The highest BCUT2D eigenvalue weighted by Gasteiger charge is 2.27. The number of thioether (sulfide) groups is 1. The fraction of sp³-hybridized carbons (Fsp3) is 0.440. The first-order valence-electron chi connectivity index (χ1n) is 11.9. The number of hydrogen-bond donors (Lipinski definition) is 1. The van der Waals surface area contributed by atoms with Crippen LogP contribution in [0, 0.1) is 6.92 Å². The van der Waals surface area contributed by atoms with Crippen LogP contribution in [0.2, 0.25) is 5.02 Å². The quantitative estimate of drug-likeness (QED) is 0.367. The summed E-state index contributed by atoms with van der Waals surface area (Å²) in [6, 6.07) is 5.35. The lowest BCUT2D eigenvalue weighted by molar-refractivity contribution is -0.129. The van der Waals surface area contributed by atoms with Crippen LogP contribution < -0.4 is 10.9 Å². The van der Waals surface area contributed by atoms with E-state index in [4.69, 9.17) is 21.3 Å². The van der Waals surface area contributed by atoms with Gasteiger partial charge in [0.25, 0.3) is 5.56 Å². The van der Waals surface area contributed by atoms with Crippen LogP contribution in [0.15, 0.2) is 28.2 Å². The van der Waals surface area contributed by atoms with Gasteiger partial charge in [-0.3, -0.25) is 19.0 Å². The third kappa shape index (κ3) is 5.18. The standard InChI is InChI=1S/C25H27ClN4O4S2/c1-14-5-6-16(26)10-19(14)27-21(32)13-35-25-28-23-22(24(33)30(25)11-17-4-3-9-34-17)18-7-8-29(15(2)31)12-20(18)36-23/h5-6,10,17H,3-4,7-9,11-13H2,1-2H3,(H,27,32)/t17-/m0/s1. The van der Waals surface area contributed by atoms with E-state index in [1.54, 1.807) is 28.5 Å². The molecule has 1 aromatic carbocycles. The molecule has 0 saturated carbocycles. The van der Waals surface area contributed by atoms with Gasteiger partial charge in [-0.2, -0.15) is 0 Å². The summed E-state index contributed by atoms with van der Waals surface area (Å²) in [6.45, 7) is 5.66. The first-order valence-corrected chi connectivity index (χ1v) is 14.1. The molecule has 1 atom stereocenters. The molecule has 1 fully saturated rings. The average Bonchev–Trinajstić information content (AvgIpc) is 3.49. The van der Waals surface area contributed by atoms with Crippen LogP contribution in [0.3, 0.4) is 0 Å². The maximum Gasteiger partial charge on any atom is 0.263 e. The molecule has 2 aliphatic heterocycles. The van der Waals surface area contributed by atoms with Gasteiger partial charge >= 0.3 is 0 Å². The number of rotatable bonds is 6. The Morgan fingerprint density at radius 1 is 1.36 bits per heavy atom. The highest BCUT2D eigenvalue weighted by atomic mass is 35.5. The van der Waals surface area contributed by atoms with E-state index in [1.165, 1.54) is 23.1 Å². The summed E-state index contributed by atoms with van der Waals surface area (Å²) in [6.07, 6.45) is 2.44. The largest absolute Gasteiger partial charge is 0.376 e. The minimum Gasteiger partial charge on any atom is -0.376 e. The molecule has 2 amide bonds. The summed E-state index contributed by atoms with van der Waals surface area (Å²) in [4.78, 5) is 46.7. The van der Waals surface area contributed by atoms with Gasteiger partial charge in [-0.1, -0.05) is 29.4 Å². The third-order valence-corrected chi connectivity index (χ3v) is 8.91. The monoisotopic (exact) mass is 546 g/mol. The Bertz CT molecular complexity index is 1400. The van der Waals surface area contributed by atoms with Gasteiger partial charge < -0.3 is 15.0 Å². The van der Waals surface area contributed by atoms with Crippen LogP contribution in [-0.2, 0) is 33.8 Å². The Hall–Kier alpha value is -2.40. The van der Waals surface area contributed by atoms with Gasteiger partial charge in [0.1, 0.15) is 4.83 Å². The molecule has 1 saturated heterocycles. The number of fused-ring (bicyclic) bond motifs is 3. The molecule has 36 heavy (non-hydrogen) atoms. The lowest BCUT2D eigenvalue weighted by Crippen LogP contribution is -2.34. The van der Waals surface area contributed by atoms with E-state index in [1.807, 2.05) is 13.0 Å². The number of nitrogens with one attached hydrogen (secondary N) is 1. The average molecular weight is 547 g/mol. The van der Waals surface area contributed by atoms with Crippen molar-refractivity contribution in [3.63, 3.8) is 0 Å². The molecular formula is C25H27ClN4O4S2. The molecule has 8 nitrogen and oxygen atoms in total. The van der Waals surface area contributed by atoms with Gasteiger partial charge in [0.15, 0.2) is 5.16 Å². The van der Waals surface area contributed by atoms with Crippen LogP contribution in [0.1, 0.15) is 35.8 Å². The van der Waals surface area contributed by atoms with Crippen LogP contribution in [0.5, 0.6) is 0 Å². The van der Waals surface area contributed by atoms with Crippen molar-refractivity contribution in [2.45, 2.75) is 57.5 Å². The second-order valence-corrected chi connectivity index (χ2v) is 11.6. The molecule has 3 aromatic rings. The molecule has 2 aliphatic rings. The second-order valence-electron chi connectivity index (χ2n) is 9.12. The van der Waals surface area contributed by atoms with Gasteiger partial charge in [-0.15, -0.1) is 11.3 Å². The Morgan fingerprint density at radius 2 is 2.19 bits per heavy atom. The third-order valence-electron chi connectivity index (χ3n) is 6.59. The predicted molar refractivity (Wildman–Crippen MR) is 143 cm³/mol. The summed E-state index contributed by atoms with van der Waals surface area (Å²) in [5.74, 6) is -0.0801. The number of amides is 2. The molecule has 0 unspecified atom stereocenters. The zero-order valence-electron chi connectivity index (χ0n) is 20.1. The van der Waals surface area contributed by atoms with Crippen molar-refractivity contribution < 1.29 is 14.3 Å². The lowest BCUT2D eigenvalue weighted by Gasteiger charge is -2.25. The van der Waals surface area contributed by atoms with Crippen molar-refractivity contribution in [2.24, 2.45) is 0 Å². The van der Waals surface area contributed by atoms with E-state index >= 15 is 0 Å². The maximum absolute atomic E-state index is 13.8. The Morgan fingerprint density at radius 3 is 2.94 bits per heavy atom. The SMILES string of the molecule is CC(=O)N1CCc2c(sc3nc(SCC(=O)Nc4cc(Cl)ccc4C)n(C[C@@H]4CCCO4)c(=O)c23)C1. The number of carbonyl (C=O) groups is 2. The van der Waals surface area contributed by atoms with E-state index in [-0.39, 0.29) is 29.2 Å². The van der Waals surface area contributed by atoms with E-state index in [0.717, 1.165) is 28.8 Å². The number of aromatic nitrogens is 2. The zero-order chi connectivity index (χ0) is 25.4. The molecular weight excluding hydrogens is 520 g/mol. The number of carbonyl (C=O) groups excluding carboxylic acids is 2. The molecule has 190 valence electrons. The van der Waals surface area contributed by atoms with E-state index < -0.39 is 0 Å². The molecule has 11 heteroatoms. The summed E-state index contributed by atoms with van der Waals surface area (Å²) in [5, 5.41) is 4.59. The highest BCUT2D eigenvalue weighted by Crippen LogP contribution is 2.34. The van der Waals surface area contributed by atoms with E-state index in [9.17, 15) is 14.4 Å². The molecule has 2 aromatic heterocycles. The van der Waals surface area contributed by atoms with Crippen molar-refractivity contribution in [1.29, 1.82) is 0 Å². The van der Waals surface area contributed by atoms with Gasteiger partial charge in [0.2, 0.25) is 11.8 Å². The molecule has 4 heterocycles. The Kier molecular flexibility index (Phi) is 7.39. The molecule has 0 bridgehead atoms. The highest BCUT2D eigenvalue weighted by molar-refractivity contribution is 7.99. The summed E-state index contributed by atoms with van der Waals surface area (Å²) in [5.41, 5.74) is 2.47. The number of hydrogen-bond acceptors (Lipinski definition) is 7. The minimum absolute atomic E-state index is 0.0269. The molecule has 1 N–H and O–H groups in total. The number of aryl methyl sites for hydroxylation is 1. The topological polar surface area (TPSA) is 93.5 Å². The maximum atomic E-state index is 13.8. The number of anilines is 1. The summed E-state index contributed by atoms with van der Waals surface area (Å²) < 4.78 is 7.48. The van der Waals surface area contributed by atoms with Crippen molar-refractivity contribution in [3.05, 3.63) is 49.6 Å². The predicted octanol–water partition coefficient (Wildman–Crippen LogP) is 4.23. The van der Waals surface area contributed by atoms with Gasteiger partial charge in [-0.25, -0.2) is 4.98 Å². The lowest BCUT2D eigenvalue weighted by atomic mass is 10.1. The van der Waals surface area contributed by atoms with Crippen molar-refractivity contribution in [1.82, 2.24) is 14.5 Å². The number of ether oxygens (including phenoxy) is 1. The van der Waals surface area contributed by atoms with Crippen molar-refractivity contribution in [2.75, 3.05) is 24.2 Å².